The molecule has 2 aromatic rings. The summed E-state index contributed by atoms with van der Waals surface area (Å²) in [6.45, 7) is 9.92. The number of imidazole rings is 1. The molecule has 1 saturated heterocycles. The van der Waals surface area contributed by atoms with E-state index < -0.39 is 0 Å². The van der Waals surface area contributed by atoms with Gasteiger partial charge in [-0.1, -0.05) is 0 Å². The number of nitrogens with one attached hydrogen (secondary N) is 2. The lowest BCUT2D eigenvalue weighted by Crippen LogP contribution is -2.65. The summed E-state index contributed by atoms with van der Waals surface area (Å²) in [5.41, 5.74) is 0.756. The van der Waals surface area contributed by atoms with Crippen molar-refractivity contribution in [1.82, 2.24) is 30.3 Å². The average Bonchev–Trinajstić information content (AvgIpc) is 2.88. The number of hydroxylamine groups is 2. The quantitative estimate of drug-likeness (QED) is 0.890. The Morgan fingerprint density at radius 2 is 1.96 bits per heavy atom. The number of nitrogens with zero attached hydrogens (tertiary/aromatic N) is 4. The van der Waals surface area contributed by atoms with E-state index in [9.17, 15) is 4.79 Å². The van der Waals surface area contributed by atoms with Gasteiger partial charge in [-0.2, -0.15) is 9.97 Å². The standard InChI is InChI=1S/C16H24N6O2/c1-10(23)20-11-6-15(2,3)22(16(4,5)7-11)24-14-17-8-12-13(21-14)19-9-18-12/h8-9,11H,6-7H2,1-5H3,(H,20,23)(H,17,18,19,21). The molecule has 0 atom stereocenters. The predicted octanol–water partition coefficient (Wildman–Crippen LogP) is 1.80. The number of piperidine rings is 1. The van der Waals surface area contributed by atoms with Gasteiger partial charge in [-0.05, 0) is 40.5 Å². The normalized spacial score (nSPS) is 20.9. The Bertz CT molecular complexity index is 736. The van der Waals surface area contributed by atoms with Crippen molar-refractivity contribution in [3.8, 4) is 6.01 Å². The van der Waals surface area contributed by atoms with E-state index in [1.165, 1.54) is 0 Å². The first-order valence-corrected chi connectivity index (χ1v) is 8.09. The third-order valence-electron chi connectivity index (χ3n) is 4.33. The number of hydrogen-bond acceptors (Lipinski definition) is 6. The van der Waals surface area contributed by atoms with Gasteiger partial charge in [0.1, 0.15) is 5.52 Å². The second-order valence-electron chi connectivity index (χ2n) is 7.61. The molecule has 1 aliphatic heterocycles. The number of fused-ring (bicyclic) bond motifs is 1. The van der Waals surface area contributed by atoms with Crippen molar-refractivity contribution < 1.29 is 9.63 Å². The van der Waals surface area contributed by atoms with Crippen LogP contribution in [-0.2, 0) is 4.79 Å². The van der Waals surface area contributed by atoms with Crippen LogP contribution in [0.4, 0.5) is 0 Å². The lowest BCUT2D eigenvalue weighted by molar-refractivity contribution is -0.225. The molecule has 0 aromatic carbocycles. The number of carbonyl (C=O) groups is 1. The second-order valence-corrected chi connectivity index (χ2v) is 7.61. The molecule has 0 unspecified atom stereocenters. The van der Waals surface area contributed by atoms with E-state index in [1.807, 2.05) is 5.06 Å². The molecule has 0 aliphatic carbocycles. The van der Waals surface area contributed by atoms with Crippen molar-refractivity contribution >= 4 is 17.1 Å². The number of carbonyl (C=O) groups excluding carboxylic acids is 1. The zero-order valence-corrected chi connectivity index (χ0v) is 14.8. The van der Waals surface area contributed by atoms with Crippen LogP contribution in [0.1, 0.15) is 47.5 Å². The molecule has 2 N–H and O–H groups in total. The summed E-state index contributed by atoms with van der Waals surface area (Å²) in [5.74, 6) is -0.00622. The van der Waals surface area contributed by atoms with Gasteiger partial charge in [0.25, 0.3) is 0 Å². The molecule has 8 nitrogen and oxygen atoms in total. The van der Waals surface area contributed by atoms with Gasteiger partial charge in [0.05, 0.1) is 23.6 Å². The minimum atomic E-state index is -0.293. The highest BCUT2D eigenvalue weighted by molar-refractivity contribution is 5.73. The van der Waals surface area contributed by atoms with Gasteiger partial charge in [-0.15, -0.1) is 5.06 Å². The largest absolute Gasteiger partial charge is 0.364 e. The molecule has 3 heterocycles. The molecule has 8 heteroatoms. The van der Waals surface area contributed by atoms with E-state index in [0.29, 0.717) is 5.65 Å². The van der Waals surface area contributed by atoms with Crippen LogP contribution in [-0.4, -0.2) is 48.0 Å². The Balaban J connectivity index is 1.84. The van der Waals surface area contributed by atoms with Gasteiger partial charge in [0, 0.05) is 13.0 Å². The minimum absolute atomic E-state index is 0.00622. The fourth-order valence-corrected chi connectivity index (χ4v) is 3.75. The van der Waals surface area contributed by atoms with Crippen molar-refractivity contribution in [2.45, 2.75) is 64.6 Å². The van der Waals surface area contributed by atoms with Crippen LogP contribution in [0.25, 0.3) is 11.2 Å². The Hall–Kier alpha value is -2.22. The Morgan fingerprint density at radius 1 is 1.29 bits per heavy atom. The fourth-order valence-electron chi connectivity index (χ4n) is 3.75. The number of amides is 1. The van der Waals surface area contributed by atoms with Crippen molar-refractivity contribution in [3.05, 3.63) is 12.5 Å². The Kier molecular flexibility index (Phi) is 3.95. The monoisotopic (exact) mass is 332 g/mol. The molecule has 2 aromatic heterocycles. The van der Waals surface area contributed by atoms with E-state index in [-0.39, 0.29) is 29.0 Å². The highest BCUT2D eigenvalue weighted by Crippen LogP contribution is 2.38. The zero-order chi connectivity index (χ0) is 17.5. The predicted molar refractivity (Wildman–Crippen MR) is 89.1 cm³/mol. The highest BCUT2D eigenvalue weighted by Gasteiger charge is 2.48. The number of hydrogen-bond donors (Lipinski definition) is 2. The van der Waals surface area contributed by atoms with Gasteiger partial charge in [-0.3, -0.25) is 4.79 Å². The van der Waals surface area contributed by atoms with Crippen LogP contribution in [0.2, 0.25) is 0 Å². The van der Waals surface area contributed by atoms with E-state index in [1.54, 1.807) is 19.4 Å². The number of aromatic nitrogens is 4. The van der Waals surface area contributed by atoms with Crippen LogP contribution < -0.4 is 10.2 Å². The fraction of sp³-hybridized carbons (Fsp3) is 0.625. The molecule has 1 amide bonds. The molecule has 1 aliphatic rings. The summed E-state index contributed by atoms with van der Waals surface area (Å²) in [4.78, 5) is 33.2. The summed E-state index contributed by atoms with van der Waals surface area (Å²) in [6, 6.07) is 0.385. The van der Waals surface area contributed by atoms with Crippen molar-refractivity contribution in [1.29, 1.82) is 0 Å². The lowest BCUT2D eigenvalue weighted by Gasteiger charge is -2.52. The molecule has 0 bridgehead atoms. The topological polar surface area (TPSA) is 96.0 Å². The lowest BCUT2D eigenvalue weighted by atomic mass is 9.79. The van der Waals surface area contributed by atoms with E-state index in [4.69, 9.17) is 4.84 Å². The molecule has 1 fully saturated rings. The molecule has 24 heavy (non-hydrogen) atoms. The minimum Gasteiger partial charge on any atom is -0.364 e. The SMILES string of the molecule is CC(=O)NC1CC(C)(C)N(Oc2ncc3[nH]cnc3n2)C(C)(C)C1. The summed E-state index contributed by atoms with van der Waals surface area (Å²) in [5, 5.41) is 4.97. The Labute approximate surface area is 141 Å². The summed E-state index contributed by atoms with van der Waals surface area (Å²) in [7, 11) is 0. The van der Waals surface area contributed by atoms with Gasteiger partial charge in [-0.25, -0.2) is 4.98 Å². The smallest absolute Gasteiger partial charge is 0.338 e. The van der Waals surface area contributed by atoms with E-state index in [2.05, 4.69) is 52.9 Å². The molecule has 3 rings (SSSR count). The summed E-state index contributed by atoms with van der Waals surface area (Å²) >= 11 is 0. The molecule has 0 saturated carbocycles. The van der Waals surface area contributed by atoms with E-state index >= 15 is 0 Å². The first-order chi connectivity index (χ1) is 11.2. The summed E-state index contributed by atoms with van der Waals surface area (Å²) < 4.78 is 0. The first kappa shape index (κ1) is 16.6. The first-order valence-electron chi connectivity index (χ1n) is 8.09. The van der Waals surface area contributed by atoms with Crippen molar-refractivity contribution in [2.24, 2.45) is 0 Å². The second kappa shape index (κ2) is 5.70. The van der Waals surface area contributed by atoms with Crippen LogP contribution in [0.5, 0.6) is 6.01 Å². The third kappa shape index (κ3) is 3.19. The average molecular weight is 332 g/mol. The molecule has 0 radical (unpaired) electrons. The molecular weight excluding hydrogens is 308 g/mol. The van der Waals surface area contributed by atoms with E-state index in [0.717, 1.165) is 18.4 Å². The van der Waals surface area contributed by atoms with Crippen molar-refractivity contribution in [3.63, 3.8) is 0 Å². The Morgan fingerprint density at radius 3 is 2.58 bits per heavy atom. The highest BCUT2D eigenvalue weighted by atomic mass is 16.7. The third-order valence-corrected chi connectivity index (χ3v) is 4.33. The van der Waals surface area contributed by atoms with Crippen LogP contribution in [0.3, 0.4) is 0 Å². The molecule has 130 valence electrons. The number of H-pyrrole nitrogens is 1. The van der Waals surface area contributed by atoms with Gasteiger partial charge in [0.15, 0.2) is 5.65 Å². The number of aromatic amines is 1. The maximum atomic E-state index is 11.4. The van der Waals surface area contributed by atoms with Crippen LogP contribution >= 0.6 is 0 Å². The van der Waals surface area contributed by atoms with Crippen LogP contribution in [0, 0.1) is 0 Å². The maximum Gasteiger partial charge on any atom is 0.338 e. The number of rotatable bonds is 3. The van der Waals surface area contributed by atoms with Gasteiger partial charge < -0.3 is 15.1 Å². The van der Waals surface area contributed by atoms with Crippen molar-refractivity contribution in [2.75, 3.05) is 0 Å². The summed E-state index contributed by atoms with van der Waals surface area (Å²) in [6.07, 6.45) is 4.80. The maximum absolute atomic E-state index is 11.4. The zero-order valence-electron chi connectivity index (χ0n) is 14.8. The molecular formula is C16H24N6O2. The van der Waals surface area contributed by atoms with Gasteiger partial charge in [0.2, 0.25) is 5.91 Å². The van der Waals surface area contributed by atoms with Gasteiger partial charge >= 0.3 is 6.01 Å². The van der Waals surface area contributed by atoms with Crippen LogP contribution in [0.15, 0.2) is 12.5 Å². The molecule has 0 spiro atoms.